The molecule has 0 bridgehead atoms. The maximum absolute atomic E-state index is 11.8. The Hall–Kier alpha value is -1.35. The van der Waals surface area contributed by atoms with Gasteiger partial charge in [-0.2, -0.15) is 0 Å². The molecule has 1 N–H and O–H groups in total. The van der Waals surface area contributed by atoms with Gasteiger partial charge in [0, 0.05) is 18.5 Å². The number of benzene rings is 1. The van der Waals surface area contributed by atoms with Crippen LogP contribution in [0.5, 0.6) is 0 Å². The minimum absolute atomic E-state index is 0.190. The van der Waals surface area contributed by atoms with Gasteiger partial charge in [-0.1, -0.05) is 18.2 Å². The second kappa shape index (κ2) is 3.08. The molecule has 2 heterocycles. The molecule has 0 radical (unpaired) electrons. The van der Waals surface area contributed by atoms with Gasteiger partial charge >= 0.3 is 0 Å². The van der Waals surface area contributed by atoms with Crippen molar-refractivity contribution in [2.45, 2.75) is 31.8 Å². The highest BCUT2D eigenvalue weighted by molar-refractivity contribution is 5.98. The summed E-state index contributed by atoms with van der Waals surface area (Å²) >= 11 is 0. The standard InChI is InChI=1S/C13H15NO2/c1-13(16)7-8-14-11(15)6-5-9-3-2-4-10(13)12(9)14/h2-4,16H,5-8H2,1H3/t13-/m0/s1. The third-order valence-corrected chi connectivity index (χ3v) is 3.70. The van der Waals surface area contributed by atoms with Crippen LogP contribution in [-0.4, -0.2) is 17.6 Å². The van der Waals surface area contributed by atoms with Crippen LogP contribution in [0.25, 0.3) is 0 Å². The molecular formula is C13H15NO2. The molecule has 2 aliphatic heterocycles. The molecule has 0 aliphatic carbocycles. The topological polar surface area (TPSA) is 40.5 Å². The molecule has 0 saturated heterocycles. The van der Waals surface area contributed by atoms with Crippen molar-refractivity contribution in [1.82, 2.24) is 0 Å². The Bertz CT molecular complexity index is 465. The van der Waals surface area contributed by atoms with E-state index in [1.165, 1.54) is 5.56 Å². The van der Waals surface area contributed by atoms with Gasteiger partial charge in [0.05, 0.1) is 11.3 Å². The fraction of sp³-hybridized carbons (Fsp3) is 0.462. The molecular weight excluding hydrogens is 202 g/mol. The Labute approximate surface area is 94.7 Å². The number of hydrogen-bond acceptors (Lipinski definition) is 2. The Morgan fingerprint density at radius 1 is 1.38 bits per heavy atom. The van der Waals surface area contributed by atoms with Gasteiger partial charge in [0.15, 0.2) is 0 Å². The minimum atomic E-state index is -0.792. The minimum Gasteiger partial charge on any atom is -0.385 e. The van der Waals surface area contributed by atoms with E-state index in [4.69, 9.17) is 0 Å². The number of aliphatic hydroxyl groups is 1. The highest BCUT2D eigenvalue weighted by Gasteiger charge is 2.38. The third-order valence-electron chi connectivity index (χ3n) is 3.70. The number of hydrogen-bond donors (Lipinski definition) is 1. The number of anilines is 1. The van der Waals surface area contributed by atoms with Crippen molar-refractivity contribution < 1.29 is 9.90 Å². The average Bonchev–Trinajstić information content (AvgIpc) is 2.26. The summed E-state index contributed by atoms with van der Waals surface area (Å²) in [5.74, 6) is 0.190. The SMILES string of the molecule is C[C@]1(O)CCN2C(=O)CCc3cccc1c32. The maximum Gasteiger partial charge on any atom is 0.227 e. The summed E-state index contributed by atoms with van der Waals surface area (Å²) in [5.41, 5.74) is 2.27. The molecule has 3 heteroatoms. The first-order valence-corrected chi connectivity index (χ1v) is 5.75. The number of carbonyl (C=O) groups is 1. The summed E-state index contributed by atoms with van der Waals surface area (Å²) < 4.78 is 0. The van der Waals surface area contributed by atoms with Gasteiger partial charge in [0.2, 0.25) is 5.91 Å². The van der Waals surface area contributed by atoms with Gasteiger partial charge in [-0.3, -0.25) is 4.79 Å². The largest absolute Gasteiger partial charge is 0.385 e. The van der Waals surface area contributed by atoms with Crippen molar-refractivity contribution in [3.63, 3.8) is 0 Å². The van der Waals surface area contributed by atoms with E-state index in [-0.39, 0.29) is 5.91 Å². The zero-order chi connectivity index (χ0) is 11.3. The Balaban J connectivity index is 2.25. The number of aryl methyl sites for hydroxylation is 1. The van der Waals surface area contributed by atoms with Gasteiger partial charge in [-0.05, 0) is 25.3 Å². The van der Waals surface area contributed by atoms with Crippen molar-refractivity contribution in [3.8, 4) is 0 Å². The second-order valence-corrected chi connectivity index (χ2v) is 4.88. The van der Waals surface area contributed by atoms with Crippen LogP contribution in [0.1, 0.15) is 30.9 Å². The van der Waals surface area contributed by atoms with Crippen LogP contribution in [0, 0.1) is 0 Å². The zero-order valence-corrected chi connectivity index (χ0v) is 9.36. The van der Waals surface area contributed by atoms with E-state index in [1.54, 1.807) is 0 Å². The van der Waals surface area contributed by atoms with Crippen LogP contribution in [0.4, 0.5) is 5.69 Å². The summed E-state index contributed by atoms with van der Waals surface area (Å²) in [6.07, 6.45) is 2.02. The van der Waals surface area contributed by atoms with Crippen molar-refractivity contribution in [1.29, 1.82) is 0 Å². The molecule has 16 heavy (non-hydrogen) atoms. The average molecular weight is 217 g/mol. The third kappa shape index (κ3) is 1.21. The lowest BCUT2D eigenvalue weighted by Gasteiger charge is -2.41. The summed E-state index contributed by atoms with van der Waals surface area (Å²) in [7, 11) is 0. The fourth-order valence-corrected chi connectivity index (χ4v) is 2.75. The number of nitrogens with zero attached hydrogens (tertiary/aromatic N) is 1. The predicted octanol–water partition coefficient (Wildman–Crippen LogP) is 1.58. The Kier molecular flexibility index (Phi) is 1.89. The molecule has 3 nitrogen and oxygen atoms in total. The van der Waals surface area contributed by atoms with E-state index in [9.17, 15) is 9.90 Å². The smallest absolute Gasteiger partial charge is 0.227 e. The summed E-state index contributed by atoms with van der Waals surface area (Å²) in [6.45, 7) is 2.47. The molecule has 1 aromatic carbocycles. The monoisotopic (exact) mass is 217 g/mol. The van der Waals surface area contributed by atoms with Crippen molar-refractivity contribution in [3.05, 3.63) is 29.3 Å². The first-order valence-electron chi connectivity index (χ1n) is 5.75. The molecule has 84 valence electrons. The quantitative estimate of drug-likeness (QED) is 0.716. The van der Waals surface area contributed by atoms with Crippen molar-refractivity contribution in [2.24, 2.45) is 0 Å². The van der Waals surface area contributed by atoms with E-state index >= 15 is 0 Å². The van der Waals surface area contributed by atoms with Crippen molar-refractivity contribution in [2.75, 3.05) is 11.4 Å². The number of carbonyl (C=O) groups excluding carboxylic acids is 1. The molecule has 1 aromatic rings. The molecule has 0 fully saturated rings. The fourth-order valence-electron chi connectivity index (χ4n) is 2.75. The van der Waals surface area contributed by atoms with Gasteiger partial charge in [-0.25, -0.2) is 0 Å². The van der Waals surface area contributed by atoms with Crippen LogP contribution in [0.2, 0.25) is 0 Å². The molecule has 0 aromatic heterocycles. The first-order chi connectivity index (χ1) is 7.59. The first kappa shape index (κ1) is 9.85. The van der Waals surface area contributed by atoms with Crippen molar-refractivity contribution >= 4 is 11.6 Å². The molecule has 1 amide bonds. The van der Waals surface area contributed by atoms with Gasteiger partial charge < -0.3 is 10.0 Å². The molecule has 0 saturated carbocycles. The van der Waals surface area contributed by atoms with Crippen LogP contribution < -0.4 is 4.90 Å². The molecule has 3 rings (SSSR count). The number of para-hydroxylation sites is 1. The normalized spacial score (nSPS) is 27.9. The van der Waals surface area contributed by atoms with Gasteiger partial charge in [-0.15, -0.1) is 0 Å². The number of amides is 1. The zero-order valence-electron chi connectivity index (χ0n) is 9.36. The summed E-state index contributed by atoms with van der Waals surface area (Å²) in [4.78, 5) is 13.7. The highest BCUT2D eigenvalue weighted by atomic mass is 16.3. The van der Waals surface area contributed by atoms with Gasteiger partial charge in [0.1, 0.15) is 0 Å². The lowest BCUT2D eigenvalue weighted by atomic mass is 9.83. The van der Waals surface area contributed by atoms with E-state index in [2.05, 4.69) is 6.07 Å². The van der Waals surface area contributed by atoms with Gasteiger partial charge in [0.25, 0.3) is 0 Å². The number of rotatable bonds is 0. The predicted molar refractivity (Wildman–Crippen MR) is 61.3 cm³/mol. The van der Waals surface area contributed by atoms with E-state index in [0.717, 1.165) is 17.7 Å². The molecule has 2 aliphatic rings. The Morgan fingerprint density at radius 3 is 3.00 bits per heavy atom. The lowest BCUT2D eigenvalue weighted by Crippen LogP contribution is -2.44. The van der Waals surface area contributed by atoms with Crippen LogP contribution in [0.3, 0.4) is 0 Å². The highest BCUT2D eigenvalue weighted by Crippen LogP contribution is 2.42. The second-order valence-electron chi connectivity index (χ2n) is 4.88. The van der Waals surface area contributed by atoms with E-state index in [0.29, 0.717) is 19.4 Å². The molecule has 0 spiro atoms. The summed E-state index contributed by atoms with van der Waals surface area (Å²) in [6, 6.07) is 5.96. The Morgan fingerprint density at radius 2 is 2.19 bits per heavy atom. The van der Waals surface area contributed by atoms with E-state index in [1.807, 2.05) is 24.0 Å². The lowest BCUT2D eigenvalue weighted by molar-refractivity contribution is -0.119. The summed E-state index contributed by atoms with van der Waals surface area (Å²) in [5, 5.41) is 10.3. The molecule has 1 atom stereocenters. The van der Waals surface area contributed by atoms with Crippen LogP contribution in [-0.2, 0) is 16.8 Å². The maximum atomic E-state index is 11.8. The molecule has 0 unspecified atom stereocenters. The van der Waals surface area contributed by atoms with E-state index < -0.39 is 5.60 Å². The van der Waals surface area contributed by atoms with Crippen LogP contribution >= 0.6 is 0 Å². The van der Waals surface area contributed by atoms with Crippen LogP contribution in [0.15, 0.2) is 18.2 Å².